The summed E-state index contributed by atoms with van der Waals surface area (Å²) in [6.07, 6.45) is 3.70. The lowest BCUT2D eigenvalue weighted by atomic mass is 10.0. The van der Waals surface area contributed by atoms with Crippen molar-refractivity contribution in [2.75, 3.05) is 23.4 Å². The highest BCUT2D eigenvalue weighted by Gasteiger charge is 2.29. The van der Waals surface area contributed by atoms with E-state index in [0.717, 1.165) is 6.42 Å². The third-order valence-corrected chi connectivity index (χ3v) is 3.47. The Balaban J connectivity index is 2.22. The topological polar surface area (TPSA) is 91.7 Å². The molecule has 0 aromatic heterocycles. The Morgan fingerprint density at radius 3 is 2.64 bits per heavy atom. The van der Waals surface area contributed by atoms with Crippen molar-refractivity contribution in [2.45, 2.75) is 32.7 Å². The molecule has 1 aliphatic heterocycles. The summed E-state index contributed by atoms with van der Waals surface area (Å²) in [5.41, 5.74) is 1.80. The number of benzene rings is 1. The summed E-state index contributed by atoms with van der Waals surface area (Å²) in [5, 5.41) is 11.9. The van der Waals surface area contributed by atoms with Crippen LogP contribution in [0.25, 0.3) is 6.08 Å². The summed E-state index contributed by atoms with van der Waals surface area (Å²) in [6, 6.07) is 6.38. The predicted octanol–water partition coefficient (Wildman–Crippen LogP) is 3.92. The molecule has 7 heteroatoms. The van der Waals surface area contributed by atoms with Crippen molar-refractivity contribution in [3.8, 4) is 6.07 Å². The van der Waals surface area contributed by atoms with Crippen molar-refractivity contribution in [1.82, 2.24) is 0 Å². The second-order valence-electron chi connectivity index (χ2n) is 5.45. The lowest BCUT2D eigenvalue weighted by Gasteiger charge is -2.29. The Morgan fingerprint density at radius 2 is 1.96 bits per heavy atom. The number of amides is 2. The van der Waals surface area contributed by atoms with Crippen LogP contribution in [0.5, 0.6) is 0 Å². The monoisotopic (exact) mass is 343 g/mol. The van der Waals surface area contributed by atoms with E-state index in [9.17, 15) is 14.9 Å². The van der Waals surface area contributed by atoms with Gasteiger partial charge in [0.15, 0.2) is 0 Å². The summed E-state index contributed by atoms with van der Waals surface area (Å²) in [4.78, 5) is 25.3. The third kappa shape index (κ3) is 4.51. The largest absolute Gasteiger partial charge is 0.449 e. The summed E-state index contributed by atoms with van der Waals surface area (Å²) in [7, 11) is 0. The number of rotatable bonds is 5. The fraction of sp³-hybridized carbons (Fsp3) is 0.389. The summed E-state index contributed by atoms with van der Waals surface area (Å²) in [6.45, 7) is 4.44. The van der Waals surface area contributed by atoms with Crippen molar-refractivity contribution < 1.29 is 19.1 Å². The maximum atomic E-state index is 12.3. The number of nitrogens with zero attached hydrogens (tertiary/aromatic N) is 2. The fourth-order valence-electron chi connectivity index (χ4n) is 2.34. The molecule has 132 valence electrons. The number of carbonyl (C=O) groups is 2. The van der Waals surface area contributed by atoms with Gasteiger partial charge in [-0.3, -0.25) is 10.2 Å². The van der Waals surface area contributed by atoms with E-state index >= 15 is 0 Å². The smallest absolute Gasteiger partial charge is 0.415 e. The minimum atomic E-state index is -0.731. The molecule has 2 amide bonds. The molecule has 0 bridgehead atoms. The van der Waals surface area contributed by atoms with Crippen molar-refractivity contribution in [3.05, 3.63) is 29.8 Å². The van der Waals surface area contributed by atoms with Crippen LogP contribution in [0, 0.1) is 11.3 Å². The zero-order valence-electron chi connectivity index (χ0n) is 14.3. The molecule has 1 aliphatic rings. The molecule has 0 spiro atoms. The van der Waals surface area contributed by atoms with Crippen molar-refractivity contribution >= 4 is 29.6 Å². The van der Waals surface area contributed by atoms with Crippen LogP contribution in [0.3, 0.4) is 0 Å². The number of hydrogen-bond acceptors (Lipinski definition) is 5. The van der Waals surface area contributed by atoms with E-state index in [4.69, 9.17) is 9.47 Å². The number of fused-ring (bicyclic) bond motifs is 1. The minimum Gasteiger partial charge on any atom is -0.449 e. The van der Waals surface area contributed by atoms with Crippen LogP contribution >= 0.6 is 0 Å². The highest BCUT2D eigenvalue weighted by molar-refractivity contribution is 5.95. The first kappa shape index (κ1) is 18.3. The van der Waals surface area contributed by atoms with E-state index < -0.39 is 18.2 Å². The van der Waals surface area contributed by atoms with Crippen LogP contribution in [0.1, 0.15) is 32.3 Å². The molecule has 1 heterocycles. The molecule has 1 unspecified atom stereocenters. The second kappa shape index (κ2) is 8.73. The van der Waals surface area contributed by atoms with E-state index in [1.165, 1.54) is 4.90 Å². The lowest BCUT2D eigenvalue weighted by Crippen LogP contribution is -2.41. The molecule has 1 aromatic rings. The number of nitrogens with one attached hydrogen (secondary N) is 1. The van der Waals surface area contributed by atoms with Crippen LogP contribution in [-0.2, 0) is 9.47 Å². The van der Waals surface area contributed by atoms with Gasteiger partial charge in [-0.2, -0.15) is 5.26 Å². The van der Waals surface area contributed by atoms with Gasteiger partial charge in [0.1, 0.15) is 6.04 Å². The molecule has 1 atom stereocenters. The Labute approximate surface area is 146 Å². The van der Waals surface area contributed by atoms with Gasteiger partial charge in [-0.15, -0.1) is 0 Å². The first-order chi connectivity index (χ1) is 12.1. The average molecular weight is 343 g/mol. The van der Waals surface area contributed by atoms with Gasteiger partial charge in [-0.05, 0) is 37.1 Å². The van der Waals surface area contributed by atoms with E-state index in [2.05, 4.69) is 11.4 Å². The summed E-state index contributed by atoms with van der Waals surface area (Å²) < 4.78 is 10.2. The summed E-state index contributed by atoms with van der Waals surface area (Å²) in [5.74, 6) is 0. The maximum absolute atomic E-state index is 12.3. The highest BCUT2D eigenvalue weighted by Crippen LogP contribution is 2.32. The number of ether oxygens (including phenoxy) is 2. The van der Waals surface area contributed by atoms with Crippen LogP contribution < -0.4 is 10.2 Å². The molecule has 0 aliphatic carbocycles. The van der Waals surface area contributed by atoms with Crippen molar-refractivity contribution in [3.63, 3.8) is 0 Å². The molecular weight excluding hydrogens is 322 g/mol. The van der Waals surface area contributed by atoms with Crippen molar-refractivity contribution in [2.24, 2.45) is 0 Å². The first-order valence-electron chi connectivity index (χ1n) is 8.22. The van der Waals surface area contributed by atoms with E-state index in [1.54, 1.807) is 30.4 Å². The number of hydrogen-bond donors (Lipinski definition) is 1. The molecule has 0 saturated heterocycles. The van der Waals surface area contributed by atoms with Crippen molar-refractivity contribution in [1.29, 1.82) is 5.26 Å². The number of nitriles is 1. The van der Waals surface area contributed by atoms with Crippen LogP contribution in [0.4, 0.5) is 21.0 Å². The standard InChI is InChI=1S/C18H21N3O4/c1-3-9-24-17(22)20-14-6-8-16-13(11-14)5-7-15(12-19)21(16)18(23)25-10-4-2/h5-8,11,15H,3-4,9-10H2,1-2H3,(H,20,22). The minimum absolute atomic E-state index is 0.287. The fourth-order valence-corrected chi connectivity index (χ4v) is 2.34. The van der Waals surface area contributed by atoms with Gasteiger partial charge in [-0.1, -0.05) is 19.9 Å². The zero-order chi connectivity index (χ0) is 18.2. The SMILES string of the molecule is CCCOC(=O)Nc1ccc2c(c1)C=CC(C#N)N2C(=O)OCCC. The molecule has 2 rings (SSSR count). The highest BCUT2D eigenvalue weighted by atomic mass is 16.6. The molecule has 7 nitrogen and oxygen atoms in total. The van der Waals surface area contributed by atoms with Gasteiger partial charge in [-0.25, -0.2) is 9.59 Å². The molecule has 0 radical (unpaired) electrons. The van der Waals surface area contributed by atoms with Crippen LogP contribution in [0.15, 0.2) is 24.3 Å². The molecule has 0 saturated carbocycles. The first-order valence-corrected chi connectivity index (χ1v) is 8.22. The van der Waals surface area contributed by atoms with Gasteiger partial charge in [0.25, 0.3) is 0 Å². The van der Waals surface area contributed by atoms with Crippen LogP contribution in [0.2, 0.25) is 0 Å². The molecule has 0 fully saturated rings. The Kier molecular flexibility index (Phi) is 6.40. The normalized spacial score (nSPS) is 15.1. The third-order valence-electron chi connectivity index (χ3n) is 3.47. The number of carbonyl (C=O) groups excluding carboxylic acids is 2. The van der Waals surface area contributed by atoms with Gasteiger partial charge < -0.3 is 9.47 Å². The van der Waals surface area contributed by atoms with Gasteiger partial charge in [0, 0.05) is 11.3 Å². The number of anilines is 2. The zero-order valence-corrected chi connectivity index (χ0v) is 14.3. The molecule has 1 N–H and O–H groups in total. The van der Waals surface area contributed by atoms with Gasteiger partial charge in [0.2, 0.25) is 0 Å². The van der Waals surface area contributed by atoms with E-state index in [-0.39, 0.29) is 6.61 Å². The Hall–Kier alpha value is -3.01. The van der Waals surface area contributed by atoms with E-state index in [0.29, 0.717) is 30.0 Å². The molecular formula is C18H21N3O4. The average Bonchev–Trinajstić information content (AvgIpc) is 2.63. The van der Waals surface area contributed by atoms with Gasteiger partial charge in [0.05, 0.1) is 25.0 Å². The quantitative estimate of drug-likeness (QED) is 0.875. The van der Waals surface area contributed by atoms with E-state index in [1.807, 2.05) is 13.8 Å². The van der Waals surface area contributed by atoms with Crippen LogP contribution in [-0.4, -0.2) is 31.4 Å². The second-order valence-corrected chi connectivity index (χ2v) is 5.45. The maximum Gasteiger partial charge on any atom is 0.415 e. The van der Waals surface area contributed by atoms with Gasteiger partial charge >= 0.3 is 12.2 Å². The molecule has 1 aromatic carbocycles. The molecule has 25 heavy (non-hydrogen) atoms. The summed E-state index contributed by atoms with van der Waals surface area (Å²) >= 11 is 0. The lowest BCUT2D eigenvalue weighted by molar-refractivity contribution is 0.153. The Morgan fingerprint density at radius 1 is 1.24 bits per heavy atom. The Bertz CT molecular complexity index is 709. The predicted molar refractivity (Wildman–Crippen MR) is 94.3 cm³/mol.